The van der Waals surface area contributed by atoms with Crippen LogP contribution in [0, 0.1) is 5.92 Å². The molecule has 0 aromatic rings. The molecule has 0 amide bonds. The monoisotopic (exact) mass is 194 g/mol. The second kappa shape index (κ2) is 5.08. The fraction of sp³-hybridized carbons (Fsp3) is 0.667. The number of ketones is 1. The van der Waals surface area contributed by atoms with Crippen LogP contribution < -0.4 is 0 Å². The minimum absolute atomic E-state index is 0.0930. The zero-order chi connectivity index (χ0) is 10.6. The Balaban J connectivity index is 2.62. The van der Waals surface area contributed by atoms with E-state index in [2.05, 4.69) is 6.92 Å². The van der Waals surface area contributed by atoms with Gasteiger partial charge >= 0.3 is 0 Å². The number of hydrogen-bond donors (Lipinski definition) is 0. The minimum Gasteiger partial charge on any atom is -0.303 e. The molecule has 0 aromatic heterocycles. The van der Waals surface area contributed by atoms with Gasteiger partial charge in [-0.3, -0.25) is 4.79 Å². The molecule has 78 valence electrons. The van der Waals surface area contributed by atoms with Crippen LogP contribution in [0.3, 0.4) is 0 Å². The fourth-order valence-corrected chi connectivity index (χ4v) is 2.06. The molecule has 14 heavy (non-hydrogen) atoms. The highest BCUT2D eigenvalue weighted by molar-refractivity contribution is 5.85. The molecule has 0 heterocycles. The molecule has 0 radical (unpaired) electrons. The molecule has 2 nitrogen and oxygen atoms in total. The van der Waals surface area contributed by atoms with E-state index in [-0.39, 0.29) is 5.92 Å². The number of carbonyl (C=O) groups is 2. The molecule has 1 rings (SSSR count). The number of rotatable bonds is 4. The van der Waals surface area contributed by atoms with E-state index in [0.717, 1.165) is 25.5 Å². The fourth-order valence-electron chi connectivity index (χ4n) is 2.06. The molecule has 0 saturated carbocycles. The molecule has 1 unspecified atom stereocenters. The summed E-state index contributed by atoms with van der Waals surface area (Å²) in [6.45, 7) is 4.10. The lowest BCUT2D eigenvalue weighted by Crippen LogP contribution is -2.19. The van der Waals surface area contributed by atoms with Gasteiger partial charge in [0.1, 0.15) is 12.1 Å². The molecule has 0 N–H and O–H groups in total. The number of carbonyl (C=O) groups excluding carboxylic acids is 2. The summed E-state index contributed by atoms with van der Waals surface area (Å²) in [5.74, 6) is 0.451. The zero-order valence-electron chi connectivity index (χ0n) is 9.01. The predicted octanol–water partition coefficient (Wildman–Crippen LogP) is 2.67. The Labute approximate surface area is 85.4 Å². The maximum atomic E-state index is 11.5. The molecule has 0 spiro atoms. The Morgan fingerprint density at radius 1 is 1.43 bits per heavy atom. The SMILES string of the molecule is CC1=C(CCCC=O)C(C)C(=O)CC1. The Hall–Kier alpha value is -0.920. The van der Waals surface area contributed by atoms with Crippen LogP contribution in [0.5, 0.6) is 0 Å². The molecule has 1 atom stereocenters. The van der Waals surface area contributed by atoms with Crippen molar-refractivity contribution in [2.24, 2.45) is 5.92 Å². The number of hydrogen-bond acceptors (Lipinski definition) is 2. The molecule has 1 aliphatic carbocycles. The predicted molar refractivity (Wildman–Crippen MR) is 56.0 cm³/mol. The third-order valence-corrected chi connectivity index (χ3v) is 3.07. The molecule has 2 heteroatoms. The Kier molecular flexibility index (Phi) is 4.05. The summed E-state index contributed by atoms with van der Waals surface area (Å²) in [5.41, 5.74) is 2.64. The van der Waals surface area contributed by atoms with Crippen molar-refractivity contribution in [3.63, 3.8) is 0 Å². The second-order valence-electron chi connectivity index (χ2n) is 4.05. The van der Waals surface area contributed by atoms with E-state index in [1.165, 1.54) is 11.1 Å². The van der Waals surface area contributed by atoms with E-state index < -0.39 is 0 Å². The molecule has 0 aromatic carbocycles. The van der Waals surface area contributed by atoms with Crippen LogP contribution in [-0.4, -0.2) is 12.1 Å². The summed E-state index contributed by atoms with van der Waals surface area (Å²) in [6, 6.07) is 0. The van der Waals surface area contributed by atoms with E-state index in [1.807, 2.05) is 6.92 Å². The van der Waals surface area contributed by atoms with Gasteiger partial charge in [-0.1, -0.05) is 18.1 Å². The Morgan fingerprint density at radius 3 is 2.79 bits per heavy atom. The summed E-state index contributed by atoms with van der Waals surface area (Å²) in [6.07, 6.45) is 4.97. The molecule has 0 saturated heterocycles. The number of aldehydes is 1. The van der Waals surface area contributed by atoms with Crippen LogP contribution in [-0.2, 0) is 9.59 Å². The molecular formula is C12H18O2. The van der Waals surface area contributed by atoms with E-state index in [4.69, 9.17) is 0 Å². The molecule has 0 aliphatic heterocycles. The number of allylic oxidation sites excluding steroid dienone is 2. The van der Waals surface area contributed by atoms with E-state index >= 15 is 0 Å². The second-order valence-corrected chi connectivity index (χ2v) is 4.05. The van der Waals surface area contributed by atoms with E-state index in [0.29, 0.717) is 18.6 Å². The summed E-state index contributed by atoms with van der Waals surface area (Å²) in [5, 5.41) is 0. The third-order valence-electron chi connectivity index (χ3n) is 3.07. The maximum Gasteiger partial charge on any atom is 0.140 e. The summed E-state index contributed by atoms with van der Waals surface area (Å²) >= 11 is 0. The summed E-state index contributed by atoms with van der Waals surface area (Å²) in [4.78, 5) is 21.7. The summed E-state index contributed by atoms with van der Waals surface area (Å²) in [7, 11) is 0. The van der Waals surface area contributed by atoms with Gasteiger partial charge in [-0.2, -0.15) is 0 Å². The van der Waals surface area contributed by atoms with Crippen molar-refractivity contribution in [1.29, 1.82) is 0 Å². The Bertz CT molecular complexity index is 263. The number of unbranched alkanes of at least 4 members (excludes halogenated alkanes) is 1. The first-order valence-corrected chi connectivity index (χ1v) is 5.31. The van der Waals surface area contributed by atoms with Gasteiger partial charge in [-0.25, -0.2) is 0 Å². The molecule has 0 fully saturated rings. The highest BCUT2D eigenvalue weighted by Crippen LogP contribution is 2.30. The van der Waals surface area contributed by atoms with Crippen LogP contribution in [0.4, 0.5) is 0 Å². The lowest BCUT2D eigenvalue weighted by molar-refractivity contribution is -0.121. The highest BCUT2D eigenvalue weighted by atomic mass is 16.1. The van der Waals surface area contributed by atoms with Crippen LogP contribution in [0.25, 0.3) is 0 Å². The van der Waals surface area contributed by atoms with Crippen LogP contribution in [0.1, 0.15) is 46.0 Å². The van der Waals surface area contributed by atoms with Gasteiger partial charge < -0.3 is 4.79 Å². The quantitative estimate of drug-likeness (QED) is 0.391. The minimum atomic E-state index is 0.0930. The normalized spacial score (nSPS) is 22.7. The lowest BCUT2D eigenvalue weighted by atomic mass is 9.81. The van der Waals surface area contributed by atoms with Crippen molar-refractivity contribution in [1.82, 2.24) is 0 Å². The molecule has 0 bridgehead atoms. The van der Waals surface area contributed by atoms with Gasteiger partial charge in [0.25, 0.3) is 0 Å². The lowest BCUT2D eigenvalue weighted by Gasteiger charge is -2.23. The standard InChI is InChI=1S/C12H18O2/c1-9-6-7-12(14)10(2)11(9)5-3-4-8-13/h8,10H,3-7H2,1-2H3. The van der Waals surface area contributed by atoms with E-state index in [9.17, 15) is 9.59 Å². The average Bonchev–Trinajstić information content (AvgIpc) is 2.18. The van der Waals surface area contributed by atoms with E-state index in [1.54, 1.807) is 0 Å². The van der Waals surface area contributed by atoms with Gasteiger partial charge in [0.2, 0.25) is 0 Å². The van der Waals surface area contributed by atoms with Crippen LogP contribution in [0.2, 0.25) is 0 Å². The van der Waals surface area contributed by atoms with Crippen molar-refractivity contribution in [3.05, 3.63) is 11.1 Å². The van der Waals surface area contributed by atoms with Gasteiger partial charge in [0.05, 0.1) is 0 Å². The van der Waals surface area contributed by atoms with Crippen molar-refractivity contribution in [3.8, 4) is 0 Å². The summed E-state index contributed by atoms with van der Waals surface area (Å²) < 4.78 is 0. The smallest absolute Gasteiger partial charge is 0.140 e. The number of Topliss-reactive ketones (excluding diaryl/α,β-unsaturated/α-hetero) is 1. The van der Waals surface area contributed by atoms with Gasteiger partial charge in [0.15, 0.2) is 0 Å². The average molecular weight is 194 g/mol. The van der Waals surface area contributed by atoms with Crippen molar-refractivity contribution in [2.75, 3.05) is 0 Å². The third kappa shape index (κ3) is 2.53. The van der Waals surface area contributed by atoms with Gasteiger partial charge in [-0.15, -0.1) is 0 Å². The maximum absolute atomic E-state index is 11.5. The van der Waals surface area contributed by atoms with Crippen molar-refractivity contribution < 1.29 is 9.59 Å². The highest BCUT2D eigenvalue weighted by Gasteiger charge is 2.23. The van der Waals surface area contributed by atoms with Crippen LogP contribution in [0.15, 0.2) is 11.1 Å². The van der Waals surface area contributed by atoms with Crippen LogP contribution >= 0.6 is 0 Å². The zero-order valence-corrected chi connectivity index (χ0v) is 9.01. The van der Waals surface area contributed by atoms with Gasteiger partial charge in [0, 0.05) is 18.8 Å². The topological polar surface area (TPSA) is 34.1 Å². The molecule has 1 aliphatic rings. The first kappa shape index (κ1) is 11.2. The first-order chi connectivity index (χ1) is 6.66. The largest absolute Gasteiger partial charge is 0.303 e. The van der Waals surface area contributed by atoms with Crippen molar-refractivity contribution in [2.45, 2.75) is 46.0 Å². The molecular weight excluding hydrogens is 176 g/mol. The van der Waals surface area contributed by atoms with Gasteiger partial charge in [-0.05, 0) is 26.2 Å². The first-order valence-electron chi connectivity index (χ1n) is 5.31. The Morgan fingerprint density at radius 2 is 2.14 bits per heavy atom. The van der Waals surface area contributed by atoms with Crippen molar-refractivity contribution >= 4 is 12.1 Å².